The van der Waals surface area contributed by atoms with Crippen LogP contribution in [-0.2, 0) is 17.8 Å². The highest BCUT2D eigenvalue weighted by Crippen LogP contribution is 2.17. The van der Waals surface area contributed by atoms with Gasteiger partial charge in [0, 0.05) is 13.1 Å². The molecule has 1 aromatic rings. The number of rotatable bonds is 1. The van der Waals surface area contributed by atoms with Gasteiger partial charge in [0.2, 0.25) is 0 Å². The number of nitrogens with zero attached hydrogens (tertiary/aromatic N) is 2. The van der Waals surface area contributed by atoms with Crippen LogP contribution in [0.2, 0.25) is 0 Å². The van der Waals surface area contributed by atoms with E-state index in [9.17, 15) is 14.4 Å². The summed E-state index contributed by atoms with van der Waals surface area (Å²) in [6.45, 7) is 5.85. The number of carbonyl (C=O) groups is 2. The average molecular weight is 283 g/mol. The summed E-state index contributed by atoms with van der Waals surface area (Å²) in [5.74, 6) is -1.22. The third kappa shape index (κ3) is 2.68. The molecule has 1 aliphatic rings. The van der Waals surface area contributed by atoms with E-state index in [4.69, 9.17) is 9.84 Å². The second kappa shape index (κ2) is 4.69. The first kappa shape index (κ1) is 14.2. The molecule has 0 radical (unpaired) electrons. The molecule has 0 aromatic carbocycles. The van der Waals surface area contributed by atoms with Crippen molar-refractivity contribution in [1.29, 1.82) is 0 Å². The van der Waals surface area contributed by atoms with Gasteiger partial charge in [0.25, 0.3) is 0 Å². The minimum atomic E-state index is -1.22. The van der Waals surface area contributed by atoms with E-state index in [1.54, 1.807) is 20.8 Å². The van der Waals surface area contributed by atoms with E-state index >= 15 is 0 Å². The quantitative estimate of drug-likeness (QED) is 0.786. The monoisotopic (exact) mass is 283 g/mol. The number of H-pyrrole nitrogens is 1. The molecule has 20 heavy (non-hydrogen) atoms. The number of ether oxygens (including phenoxy) is 1. The molecular formula is C12H17N3O5. The normalized spacial score (nSPS) is 14.8. The highest BCUT2D eigenvalue weighted by atomic mass is 16.6. The molecule has 2 N–H and O–H groups in total. The van der Waals surface area contributed by atoms with E-state index in [1.807, 2.05) is 0 Å². The molecular weight excluding hydrogens is 266 g/mol. The first-order valence-corrected chi connectivity index (χ1v) is 6.22. The van der Waals surface area contributed by atoms with Crippen molar-refractivity contribution in [2.75, 3.05) is 6.54 Å². The number of hydrogen-bond acceptors (Lipinski definition) is 4. The van der Waals surface area contributed by atoms with Crippen molar-refractivity contribution < 1.29 is 19.4 Å². The van der Waals surface area contributed by atoms with Crippen molar-refractivity contribution in [2.24, 2.45) is 0 Å². The van der Waals surface area contributed by atoms with Crippen molar-refractivity contribution >= 4 is 12.1 Å². The number of carboxylic acids is 1. The number of imidazole rings is 1. The summed E-state index contributed by atoms with van der Waals surface area (Å²) in [7, 11) is 0. The predicted molar refractivity (Wildman–Crippen MR) is 68.7 cm³/mol. The van der Waals surface area contributed by atoms with Crippen molar-refractivity contribution in [3.05, 3.63) is 21.9 Å². The fourth-order valence-corrected chi connectivity index (χ4v) is 2.04. The van der Waals surface area contributed by atoms with Crippen molar-refractivity contribution in [1.82, 2.24) is 14.5 Å². The van der Waals surface area contributed by atoms with E-state index in [0.717, 1.165) is 0 Å². The van der Waals surface area contributed by atoms with E-state index in [-0.39, 0.29) is 18.8 Å². The molecule has 0 aliphatic carbocycles. The largest absolute Gasteiger partial charge is 0.477 e. The van der Waals surface area contributed by atoms with Crippen molar-refractivity contribution in [3.63, 3.8) is 0 Å². The summed E-state index contributed by atoms with van der Waals surface area (Å²) >= 11 is 0. The van der Waals surface area contributed by atoms with E-state index in [2.05, 4.69) is 4.98 Å². The first-order chi connectivity index (χ1) is 9.19. The second-order valence-corrected chi connectivity index (χ2v) is 5.61. The third-order valence-corrected chi connectivity index (χ3v) is 2.89. The van der Waals surface area contributed by atoms with Gasteiger partial charge in [-0.3, -0.25) is 9.55 Å². The Labute approximate surface area is 115 Å². The Hall–Kier alpha value is -2.25. The summed E-state index contributed by atoms with van der Waals surface area (Å²) in [6, 6.07) is 0. The van der Waals surface area contributed by atoms with Crippen LogP contribution < -0.4 is 5.69 Å². The Morgan fingerprint density at radius 1 is 1.30 bits per heavy atom. The molecule has 0 bridgehead atoms. The van der Waals surface area contributed by atoms with Crippen LogP contribution in [0.25, 0.3) is 0 Å². The third-order valence-electron chi connectivity index (χ3n) is 2.89. The number of amides is 1. The van der Waals surface area contributed by atoms with Crippen LogP contribution in [0, 0.1) is 0 Å². The van der Waals surface area contributed by atoms with Gasteiger partial charge in [-0.05, 0) is 20.8 Å². The molecule has 110 valence electrons. The van der Waals surface area contributed by atoms with Crippen LogP contribution in [0.3, 0.4) is 0 Å². The lowest BCUT2D eigenvalue weighted by Gasteiger charge is -2.30. The molecule has 8 nitrogen and oxygen atoms in total. The van der Waals surface area contributed by atoms with Crippen LogP contribution in [0.15, 0.2) is 4.79 Å². The standard InChI is InChI=1S/C12H17N3O5/c1-12(2,3)20-11(19)14-4-5-15-7(6-14)8(9(16)17)13-10(15)18/h4-6H2,1-3H3,(H,13,18)(H,16,17). The Balaban J connectivity index is 2.24. The lowest BCUT2D eigenvalue weighted by atomic mass is 10.2. The number of fused-ring (bicyclic) bond motifs is 1. The lowest BCUT2D eigenvalue weighted by Crippen LogP contribution is -2.43. The summed E-state index contributed by atoms with van der Waals surface area (Å²) in [5, 5.41) is 9.05. The topological polar surface area (TPSA) is 105 Å². The molecule has 1 aliphatic heterocycles. The zero-order valence-corrected chi connectivity index (χ0v) is 11.6. The number of aromatic amines is 1. The molecule has 0 atom stereocenters. The molecule has 8 heteroatoms. The Kier molecular flexibility index (Phi) is 3.33. The van der Waals surface area contributed by atoms with E-state index in [1.165, 1.54) is 9.47 Å². The molecule has 2 heterocycles. The fraction of sp³-hybridized carbons (Fsp3) is 0.583. The highest BCUT2D eigenvalue weighted by molar-refractivity contribution is 5.86. The van der Waals surface area contributed by atoms with Crippen LogP contribution in [0.4, 0.5) is 4.79 Å². The molecule has 2 rings (SSSR count). The van der Waals surface area contributed by atoms with Gasteiger partial charge in [0.1, 0.15) is 5.60 Å². The number of carbonyl (C=O) groups excluding carboxylic acids is 1. The van der Waals surface area contributed by atoms with Crippen LogP contribution in [0.1, 0.15) is 37.0 Å². The molecule has 0 saturated heterocycles. The number of aromatic nitrogens is 2. The summed E-state index contributed by atoms with van der Waals surface area (Å²) in [6.07, 6.45) is -0.520. The number of carboxylic acid groups (broad SMARTS) is 1. The maximum absolute atomic E-state index is 12.0. The number of nitrogens with one attached hydrogen (secondary N) is 1. The smallest absolute Gasteiger partial charge is 0.410 e. The Morgan fingerprint density at radius 3 is 2.50 bits per heavy atom. The second-order valence-electron chi connectivity index (χ2n) is 5.61. The summed E-state index contributed by atoms with van der Waals surface area (Å²) in [5.41, 5.74) is -0.980. The lowest BCUT2D eigenvalue weighted by molar-refractivity contribution is 0.0195. The predicted octanol–water partition coefficient (Wildman–Crippen LogP) is 0.625. The fourth-order valence-electron chi connectivity index (χ4n) is 2.04. The van der Waals surface area contributed by atoms with Gasteiger partial charge in [-0.25, -0.2) is 14.4 Å². The zero-order chi connectivity index (χ0) is 15.1. The Morgan fingerprint density at radius 2 is 1.95 bits per heavy atom. The highest BCUT2D eigenvalue weighted by Gasteiger charge is 2.30. The van der Waals surface area contributed by atoms with Crippen molar-refractivity contribution in [3.8, 4) is 0 Å². The van der Waals surface area contributed by atoms with E-state index in [0.29, 0.717) is 12.2 Å². The SMILES string of the molecule is CC(C)(C)OC(=O)N1CCn2c(c(C(=O)O)[nH]c2=O)C1. The number of hydrogen-bond donors (Lipinski definition) is 2. The molecule has 0 spiro atoms. The number of aromatic carboxylic acids is 1. The van der Waals surface area contributed by atoms with Gasteiger partial charge in [-0.1, -0.05) is 0 Å². The van der Waals surface area contributed by atoms with Gasteiger partial charge < -0.3 is 14.7 Å². The van der Waals surface area contributed by atoms with Gasteiger partial charge in [0.15, 0.2) is 5.69 Å². The van der Waals surface area contributed by atoms with Crippen molar-refractivity contribution in [2.45, 2.75) is 39.5 Å². The summed E-state index contributed by atoms with van der Waals surface area (Å²) < 4.78 is 6.58. The first-order valence-electron chi connectivity index (χ1n) is 6.22. The maximum Gasteiger partial charge on any atom is 0.410 e. The van der Waals surface area contributed by atoms with Gasteiger partial charge in [-0.2, -0.15) is 0 Å². The van der Waals surface area contributed by atoms with Crippen LogP contribution >= 0.6 is 0 Å². The molecule has 0 unspecified atom stereocenters. The maximum atomic E-state index is 12.0. The van der Waals surface area contributed by atoms with Gasteiger partial charge in [0.05, 0.1) is 12.2 Å². The molecule has 0 saturated carbocycles. The minimum absolute atomic E-state index is 0.0370. The van der Waals surface area contributed by atoms with Crippen LogP contribution in [-0.4, -0.2) is 43.8 Å². The minimum Gasteiger partial charge on any atom is -0.477 e. The summed E-state index contributed by atoms with van der Waals surface area (Å²) in [4.78, 5) is 38.3. The molecule has 0 fully saturated rings. The molecule has 1 amide bonds. The van der Waals surface area contributed by atoms with Crippen LogP contribution in [0.5, 0.6) is 0 Å². The average Bonchev–Trinajstić information content (AvgIpc) is 2.64. The van der Waals surface area contributed by atoms with Gasteiger partial charge in [-0.15, -0.1) is 0 Å². The van der Waals surface area contributed by atoms with Gasteiger partial charge >= 0.3 is 17.8 Å². The Bertz CT molecular complexity index is 608. The zero-order valence-electron chi connectivity index (χ0n) is 11.6. The van der Waals surface area contributed by atoms with E-state index < -0.39 is 23.4 Å². The molecule has 1 aromatic heterocycles.